The summed E-state index contributed by atoms with van der Waals surface area (Å²) in [5.41, 5.74) is 4.76. The molecule has 1 aromatic carbocycles. The minimum absolute atomic E-state index is 0.00730. The van der Waals surface area contributed by atoms with Gasteiger partial charge < -0.3 is 10.3 Å². The van der Waals surface area contributed by atoms with Gasteiger partial charge in [0.25, 0.3) is 0 Å². The van der Waals surface area contributed by atoms with E-state index in [0.717, 1.165) is 22.6 Å². The van der Waals surface area contributed by atoms with Gasteiger partial charge in [-0.3, -0.25) is 9.89 Å². The molecule has 1 amide bonds. The fourth-order valence-corrected chi connectivity index (χ4v) is 2.52. The highest BCUT2D eigenvalue weighted by Crippen LogP contribution is 2.20. The molecule has 0 bridgehead atoms. The molecule has 0 aliphatic heterocycles. The van der Waals surface area contributed by atoms with E-state index in [1.54, 1.807) is 0 Å². The molecule has 3 aromatic rings. The van der Waals surface area contributed by atoms with Crippen LogP contribution in [0.15, 0.2) is 30.5 Å². The van der Waals surface area contributed by atoms with Crippen LogP contribution >= 0.6 is 0 Å². The number of amides is 1. The number of benzene rings is 1. The SMILES string of the molecule is Cc1n[nH]c(C)c1NC(=O)CCc1c[nH]c2ccccc12. The van der Waals surface area contributed by atoms with E-state index in [-0.39, 0.29) is 5.91 Å². The summed E-state index contributed by atoms with van der Waals surface area (Å²) in [6.07, 6.45) is 3.14. The second-order valence-corrected chi connectivity index (χ2v) is 5.22. The predicted octanol–water partition coefficient (Wildman–Crippen LogP) is 3.08. The number of nitrogens with one attached hydrogen (secondary N) is 3. The molecule has 3 rings (SSSR count). The van der Waals surface area contributed by atoms with E-state index >= 15 is 0 Å². The van der Waals surface area contributed by atoms with Gasteiger partial charge in [-0.25, -0.2) is 0 Å². The Kier molecular flexibility index (Phi) is 3.48. The predicted molar refractivity (Wildman–Crippen MR) is 83.3 cm³/mol. The molecule has 0 saturated carbocycles. The third kappa shape index (κ3) is 2.67. The maximum atomic E-state index is 12.1. The summed E-state index contributed by atoms with van der Waals surface area (Å²) in [4.78, 5) is 15.3. The van der Waals surface area contributed by atoms with Crippen LogP contribution in [-0.4, -0.2) is 21.1 Å². The van der Waals surface area contributed by atoms with Gasteiger partial charge in [-0.2, -0.15) is 5.10 Å². The van der Waals surface area contributed by atoms with Gasteiger partial charge in [-0.15, -0.1) is 0 Å². The number of hydrogen-bond donors (Lipinski definition) is 3. The zero-order valence-corrected chi connectivity index (χ0v) is 12.2. The van der Waals surface area contributed by atoms with Crippen LogP contribution in [-0.2, 0) is 11.2 Å². The molecule has 2 heterocycles. The molecule has 3 N–H and O–H groups in total. The third-order valence-electron chi connectivity index (χ3n) is 3.69. The largest absolute Gasteiger partial charge is 0.361 e. The Labute approximate surface area is 122 Å². The summed E-state index contributed by atoms with van der Waals surface area (Å²) < 4.78 is 0. The normalized spacial score (nSPS) is 11.0. The van der Waals surface area contributed by atoms with E-state index in [1.165, 1.54) is 10.9 Å². The third-order valence-corrected chi connectivity index (χ3v) is 3.69. The minimum atomic E-state index is 0.00730. The van der Waals surface area contributed by atoms with Gasteiger partial charge in [-0.05, 0) is 31.9 Å². The molecule has 0 spiro atoms. The molecule has 5 nitrogen and oxygen atoms in total. The summed E-state index contributed by atoms with van der Waals surface area (Å²) in [5, 5.41) is 11.0. The first-order chi connectivity index (χ1) is 10.1. The molecular formula is C16H18N4O. The number of rotatable bonds is 4. The van der Waals surface area contributed by atoms with Crippen molar-refractivity contribution in [2.24, 2.45) is 0 Å². The lowest BCUT2D eigenvalue weighted by Crippen LogP contribution is -2.13. The zero-order chi connectivity index (χ0) is 14.8. The quantitative estimate of drug-likeness (QED) is 0.688. The van der Waals surface area contributed by atoms with E-state index in [1.807, 2.05) is 38.2 Å². The first kappa shape index (κ1) is 13.4. The van der Waals surface area contributed by atoms with Crippen LogP contribution in [0.2, 0.25) is 0 Å². The summed E-state index contributed by atoms with van der Waals surface area (Å²) in [6.45, 7) is 3.77. The van der Waals surface area contributed by atoms with Crippen LogP contribution in [0.1, 0.15) is 23.4 Å². The maximum Gasteiger partial charge on any atom is 0.224 e. The van der Waals surface area contributed by atoms with Gasteiger partial charge in [-0.1, -0.05) is 18.2 Å². The number of fused-ring (bicyclic) bond motifs is 1. The van der Waals surface area contributed by atoms with Crippen molar-refractivity contribution in [2.45, 2.75) is 26.7 Å². The molecule has 108 valence electrons. The number of para-hydroxylation sites is 1. The Morgan fingerprint density at radius 2 is 2.10 bits per heavy atom. The van der Waals surface area contributed by atoms with Crippen molar-refractivity contribution in [3.8, 4) is 0 Å². The fraction of sp³-hybridized carbons (Fsp3) is 0.250. The smallest absolute Gasteiger partial charge is 0.224 e. The van der Waals surface area contributed by atoms with Crippen LogP contribution < -0.4 is 5.32 Å². The standard InChI is InChI=1S/C16H18N4O/c1-10-16(11(2)20-19-10)18-15(21)8-7-12-9-17-14-6-4-3-5-13(12)14/h3-6,9,17H,7-8H2,1-2H3,(H,18,21)(H,19,20). The first-order valence-corrected chi connectivity index (χ1v) is 7.01. The van der Waals surface area contributed by atoms with Gasteiger partial charge in [0.1, 0.15) is 0 Å². The Balaban J connectivity index is 1.66. The average molecular weight is 282 g/mol. The highest BCUT2D eigenvalue weighted by atomic mass is 16.1. The number of hydrogen-bond acceptors (Lipinski definition) is 2. The van der Waals surface area contributed by atoms with Crippen LogP contribution in [0, 0.1) is 13.8 Å². The molecule has 0 aliphatic rings. The monoisotopic (exact) mass is 282 g/mol. The van der Waals surface area contributed by atoms with Crippen molar-refractivity contribution >= 4 is 22.5 Å². The summed E-state index contributed by atoms with van der Waals surface area (Å²) in [7, 11) is 0. The van der Waals surface area contributed by atoms with E-state index in [2.05, 4.69) is 26.6 Å². The molecule has 2 aromatic heterocycles. The van der Waals surface area contributed by atoms with E-state index < -0.39 is 0 Å². The number of H-pyrrole nitrogens is 2. The highest BCUT2D eigenvalue weighted by Gasteiger charge is 2.11. The van der Waals surface area contributed by atoms with Crippen molar-refractivity contribution in [3.05, 3.63) is 47.4 Å². The molecule has 0 saturated heterocycles. The summed E-state index contributed by atoms with van der Waals surface area (Å²) >= 11 is 0. The molecule has 21 heavy (non-hydrogen) atoms. The van der Waals surface area contributed by atoms with Crippen LogP contribution in [0.3, 0.4) is 0 Å². The van der Waals surface area contributed by atoms with Gasteiger partial charge >= 0.3 is 0 Å². The average Bonchev–Trinajstić information content (AvgIpc) is 3.03. The molecule has 0 aliphatic carbocycles. The molecular weight excluding hydrogens is 264 g/mol. The minimum Gasteiger partial charge on any atom is -0.361 e. The Morgan fingerprint density at radius 3 is 2.86 bits per heavy atom. The topological polar surface area (TPSA) is 73.6 Å². The fourth-order valence-electron chi connectivity index (χ4n) is 2.52. The van der Waals surface area contributed by atoms with Crippen molar-refractivity contribution in [1.82, 2.24) is 15.2 Å². The lowest BCUT2D eigenvalue weighted by molar-refractivity contribution is -0.116. The number of nitrogens with zero attached hydrogens (tertiary/aromatic N) is 1. The van der Waals surface area contributed by atoms with Crippen LogP contribution in [0.5, 0.6) is 0 Å². The van der Waals surface area contributed by atoms with E-state index in [0.29, 0.717) is 12.8 Å². The Morgan fingerprint density at radius 1 is 1.29 bits per heavy atom. The van der Waals surface area contributed by atoms with Gasteiger partial charge in [0.05, 0.1) is 17.1 Å². The maximum absolute atomic E-state index is 12.1. The number of aromatic nitrogens is 3. The lowest BCUT2D eigenvalue weighted by Gasteiger charge is -2.05. The van der Waals surface area contributed by atoms with E-state index in [9.17, 15) is 4.79 Å². The molecule has 0 atom stereocenters. The molecule has 0 unspecified atom stereocenters. The van der Waals surface area contributed by atoms with Gasteiger partial charge in [0.15, 0.2) is 0 Å². The zero-order valence-electron chi connectivity index (χ0n) is 12.2. The van der Waals surface area contributed by atoms with Gasteiger partial charge in [0.2, 0.25) is 5.91 Å². The summed E-state index contributed by atoms with van der Waals surface area (Å²) in [5.74, 6) is 0.00730. The Hall–Kier alpha value is -2.56. The van der Waals surface area contributed by atoms with Crippen molar-refractivity contribution < 1.29 is 4.79 Å². The number of anilines is 1. The molecule has 5 heteroatoms. The van der Waals surface area contributed by atoms with Crippen LogP contribution in [0.25, 0.3) is 10.9 Å². The number of carbonyl (C=O) groups is 1. The van der Waals surface area contributed by atoms with Crippen molar-refractivity contribution in [1.29, 1.82) is 0 Å². The highest BCUT2D eigenvalue weighted by molar-refractivity contribution is 5.92. The van der Waals surface area contributed by atoms with Crippen molar-refractivity contribution in [3.63, 3.8) is 0 Å². The number of carbonyl (C=O) groups excluding carboxylic acids is 1. The van der Waals surface area contributed by atoms with Crippen molar-refractivity contribution in [2.75, 3.05) is 5.32 Å². The second-order valence-electron chi connectivity index (χ2n) is 5.22. The first-order valence-electron chi connectivity index (χ1n) is 7.01. The van der Waals surface area contributed by atoms with E-state index in [4.69, 9.17) is 0 Å². The Bertz CT molecular complexity index is 765. The van der Waals surface area contributed by atoms with Gasteiger partial charge in [0, 0.05) is 23.5 Å². The van der Waals surface area contributed by atoms with Crippen LogP contribution in [0.4, 0.5) is 5.69 Å². The molecule has 0 fully saturated rings. The lowest BCUT2D eigenvalue weighted by atomic mass is 10.1. The molecule has 0 radical (unpaired) electrons. The summed E-state index contributed by atoms with van der Waals surface area (Å²) in [6, 6.07) is 8.12. The second kappa shape index (κ2) is 5.44. The number of aryl methyl sites for hydroxylation is 3. The number of aromatic amines is 2.